The van der Waals surface area contributed by atoms with E-state index in [0.717, 1.165) is 37.7 Å². The maximum absolute atomic E-state index is 5.45. The van der Waals surface area contributed by atoms with E-state index in [1.54, 1.807) is 13.4 Å². The van der Waals surface area contributed by atoms with E-state index in [1.807, 2.05) is 12.3 Å². The zero-order chi connectivity index (χ0) is 14.9. The Balaban J connectivity index is 1.57. The van der Waals surface area contributed by atoms with Crippen molar-refractivity contribution in [1.29, 1.82) is 0 Å². The molecule has 4 rings (SSSR count). The molecule has 6 heteroatoms. The first-order valence-electron chi connectivity index (χ1n) is 8.01. The standard InChI is InChI=1S/C16H22N4O2/c1-21-11-15-16-14(20(18-17-16)9-12-2-3-12)4-6-19(15)8-13-5-7-22-10-13/h5,7,10,12,15H,2-4,6,8-9,11H2,1H3/t15-/m1/s1. The van der Waals surface area contributed by atoms with Gasteiger partial charge in [-0.2, -0.15) is 0 Å². The van der Waals surface area contributed by atoms with E-state index in [-0.39, 0.29) is 6.04 Å². The summed E-state index contributed by atoms with van der Waals surface area (Å²) in [6, 6.07) is 2.19. The molecule has 118 valence electrons. The van der Waals surface area contributed by atoms with Crippen LogP contribution in [0, 0.1) is 5.92 Å². The SMILES string of the molecule is COC[C@@H]1c2nnn(CC3CC3)c2CCN1Cc1ccoc1. The fourth-order valence-electron chi connectivity index (χ4n) is 3.28. The molecule has 0 aromatic carbocycles. The highest BCUT2D eigenvalue weighted by Gasteiger charge is 2.33. The van der Waals surface area contributed by atoms with Crippen LogP contribution in [0.3, 0.4) is 0 Å². The van der Waals surface area contributed by atoms with Gasteiger partial charge in [0, 0.05) is 38.7 Å². The van der Waals surface area contributed by atoms with Gasteiger partial charge >= 0.3 is 0 Å². The maximum Gasteiger partial charge on any atom is 0.105 e. The fraction of sp³-hybridized carbons (Fsp3) is 0.625. The molecule has 2 aromatic heterocycles. The topological polar surface area (TPSA) is 56.3 Å². The van der Waals surface area contributed by atoms with Gasteiger partial charge in [-0.3, -0.25) is 4.90 Å². The predicted octanol–water partition coefficient (Wildman–Crippen LogP) is 2.03. The zero-order valence-electron chi connectivity index (χ0n) is 12.9. The normalized spacial score (nSPS) is 22.0. The van der Waals surface area contributed by atoms with Crippen LogP contribution < -0.4 is 0 Å². The van der Waals surface area contributed by atoms with Crippen LogP contribution in [0.2, 0.25) is 0 Å². The molecule has 2 aliphatic rings. The van der Waals surface area contributed by atoms with Crippen LogP contribution in [-0.2, 0) is 24.2 Å². The lowest BCUT2D eigenvalue weighted by Gasteiger charge is -2.34. The lowest BCUT2D eigenvalue weighted by atomic mass is 10.0. The van der Waals surface area contributed by atoms with Crippen molar-refractivity contribution in [3.8, 4) is 0 Å². The lowest BCUT2D eigenvalue weighted by molar-refractivity contribution is 0.0748. The highest BCUT2D eigenvalue weighted by molar-refractivity contribution is 5.20. The van der Waals surface area contributed by atoms with Crippen LogP contribution in [0.15, 0.2) is 23.0 Å². The molecule has 1 saturated carbocycles. The third kappa shape index (κ3) is 2.68. The van der Waals surface area contributed by atoms with E-state index in [1.165, 1.54) is 24.1 Å². The summed E-state index contributed by atoms with van der Waals surface area (Å²) in [7, 11) is 1.75. The summed E-state index contributed by atoms with van der Waals surface area (Å²) in [5.74, 6) is 0.815. The van der Waals surface area contributed by atoms with Crippen LogP contribution >= 0.6 is 0 Å². The van der Waals surface area contributed by atoms with Gasteiger partial charge in [-0.1, -0.05) is 5.21 Å². The van der Waals surface area contributed by atoms with Gasteiger partial charge in [-0.15, -0.1) is 5.10 Å². The van der Waals surface area contributed by atoms with Crippen LogP contribution in [0.5, 0.6) is 0 Å². The second kappa shape index (κ2) is 5.85. The molecule has 3 heterocycles. The van der Waals surface area contributed by atoms with Crippen LogP contribution in [0.25, 0.3) is 0 Å². The fourth-order valence-corrected chi connectivity index (χ4v) is 3.28. The number of hydrogen-bond acceptors (Lipinski definition) is 5. The van der Waals surface area contributed by atoms with Crippen molar-refractivity contribution in [2.24, 2.45) is 5.92 Å². The molecule has 1 aliphatic heterocycles. The molecular weight excluding hydrogens is 280 g/mol. The molecule has 1 fully saturated rings. The smallest absolute Gasteiger partial charge is 0.105 e. The molecule has 0 N–H and O–H groups in total. The molecule has 0 bridgehead atoms. The monoisotopic (exact) mass is 302 g/mol. The molecule has 2 aromatic rings. The average molecular weight is 302 g/mol. The third-order valence-corrected chi connectivity index (χ3v) is 4.68. The summed E-state index contributed by atoms with van der Waals surface area (Å²) in [6.45, 7) is 3.54. The summed E-state index contributed by atoms with van der Waals surface area (Å²) in [5, 5.41) is 8.89. The maximum atomic E-state index is 5.45. The Morgan fingerprint density at radius 1 is 1.41 bits per heavy atom. The number of rotatable bonds is 6. The summed E-state index contributed by atoms with van der Waals surface area (Å²) in [6.07, 6.45) is 7.21. The van der Waals surface area contributed by atoms with E-state index in [2.05, 4.69) is 19.9 Å². The summed E-state index contributed by atoms with van der Waals surface area (Å²) < 4.78 is 12.8. The number of ether oxygens (including phenoxy) is 1. The minimum Gasteiger partial charge on any atom is -0.472 e. The van der Waals surface area contributed by atoms with Crippen LogP contribution in [0.4, 0.5) is 0 Å². The van der Waals surface area contributed by atoms with Crippen molar-refractivity contribution in [1.82, 2.24) is 19.9 Å². The zero-order valence-corrected chi connectivity index (χ0v) is 12.9. The molecule has 22 heavy (non-hydrogen) atoms. The minimum atomic E-state index is 0.177. The molecule has 0 saturated heterocycles. The van der Waals surface area contributed by atoms with Crippen molar-refractivity contribution in [2.75, 3.05) is 20.3 Å². The van der Waals surface area contributed by atoms with Crippen LogP contribution in [0.1, 0.15) is 35.8 Å². The molecule has 1 atom stereocenters. The highest BCUT2D eigenvalue weighted by Crippen LogP contribution is 2.34. The van der Waals surface area contributed by atoms with E-state index >= 15 is 0 Å². The van der Waals surface area contributed by atoms with Gasteiger partial charge in [-0.25, -0.2) is 4.68 Å². The number of nitrogens with zero attached hydrogens (tertiary/aromatic N) is 4. The van der Waals surface area contributed by atoms with Gasteiger partial charge in [0.1, 0.15) is 5.69 Å². The molecule has 0 spiro atoms. The number of methoxy groups -OCH3 is 1. The Kier molecular flexibility index (Phi) is 3.72. The Bertz CT molecular complexity index is 618. The largest absolute Gasteiger partial charge is 0.472 e. The van der Waals surface area contributed by atoms with Gasteiger partial charge in [-0.05, 0) is 24.8 Å². The van der Waals surface area contributed by atoms with Gasteiger partial charge < -0.3 is 9.15 Å². The van der Waals surface area contributed by atoms with Crippen molar-refractivity contribution in [3.63, 3.8) is 0 Å². The third-order valence-electron chi connectivity index (χ3n) is 4.68. The van der Waals surface area contributed by atoms with Gasteiger partial charge in [0.25, 0.3) is 0 Å². The lowest BCUT2D eigenvalue weighted by Crippen LogP contribution is -2.38. The van der Waals surface area contributed by atoms with Gasteiger partial charge in [0.2, 0.25) is 0 Å². The van der Waals surface area contributed by atoms with E-state index < -0.39 is 0 Å². The van der Waals surface area contributed by atoms with Gasteiger partial charge in [0.15, 0.2) is 0 Å². The molecule has 0 amide bonds. The second-order valence-corrected chi connectivity index (χ2v) is 6.37. The first-order valence-corrected chi connectivity index (χ1v) is 8.01. The summed E-state index contributed by atoms with van der Waals surface area (Å²) in [5.41, 5.74) is 3.59. The Labute approximate surface area is 130 Å². The first kappa shape index (κ1) is 14.0. The molecule has 0 radical (unpaired) electrons. The average Bonchev–Trinajstić information content (AvgIpc) is 3.02. The molecule has 0 unspecified atom stereocenters. The Morgan fingerprint density at radius 2 is 2.32 bits per heavy atom. The van der Waals surface area contributed by atoms with Crippen molar-refractivity contribution in [3.05, 3.63) is 35.5 Å². The highest BCUT2D eigenvalue weighted by atomic mass is 16.5. The number of furan rings is 1. The molecule has 6 nitrogen and oxygen atoms in total. The van der Waals surface area contributed by atoms with E-state index in [9.17, 15) is 0 Å². The Hall–Kier alpha value is -1.66. The van der Waals surface area contributed by atoms with Crippen molar-refractivity contribution in [2.45, 2.75) is 38.4 Å². The van der Waals surface area contributed by atoms with Crippen molar-refractivity contribution < 1.29 is 9.15 Å². The summed E-state index contributed by atoms with van der Waals surface area (Å²) >= 11 is 0. The number of fused-ring (bicyclic) bond motifs is 1. The minimum absolute atomic E-state index is 0.177. The Morgan fingerprint density at radius 3 is 3.05 bits per heavy atom. The van der Waals surface area contributed by atoms with Gasteiger partial charge in [0.05, 0.1) is 30.9 Å². The van der Waals surface area contributed by atoms with E-state index in [4.69, 9.17) is 9.15 Å². The quantitative estimate of drug-likeness (QED) is 0.817. The van der Waals surface area contributed by atoms with E-state index in [0.29, 0.717) is 6.61 Å². The number of aromatic nitrogens is 3. The first-order chi connectivity index (χ1) is 10.8. The predicted molar refractivity (Wildman–Crippen MR) is 80.2 cm³/mol. The van der Waals surface area contributed by atoms with Crippen LogP contribution in [-0.4, -0.2) is 40.2 Å². The van der Waals surface area contributed by atoms with Crippen molar-refractivity contribution >= 4 is 0 Å². The molecule has 1 aliphatic carbocycles. The second-order valence-electron chi connectivity index (χ2n) is 6.37. The summed E-state index contributed by atoms with van der Waals surface area (Å²) in [4.78, 5) is 2.41. The number of hydrogen-bond donors (Lipinski definition) is 0. The molecular formula is C16H22N4O2.